The van der Waals surface area contributed by atoms with Gasteiger partial charge in [-0.2, -0.15) is 0 Å². The van der Waals surface area contributed by atoms with Gasteiger partial charge in [0.05, 0.1) is 23.3 Å². The molecule has 3 fully saturated rings. The van der Waals surface area contributed by atoms with E-state index >= 15 is 0 Å². The molecular weight excluding hydrogens is 464 g/mol. The molecule has 37 heavy (non-hydrogen) atoms. The Morgan fingerprint density at radius 3 is 1.43 bits per heavy atom. The maximum absolute atomic E-state index is 14.7. The lowest BCUT2D eigenvalue weighted by atomic mass is 9.67. The third kappa shape index (κ3) is 4.82. The fraction of sp³-hybridized carbons (Fsp3) is 0.548. The molecule has 2 aromatic carbocycles. The second kappa shape index (κ2) is 10.2. The number of primary amides is 1. The second-order valence-corrected chi connectivity index (χ2v) is 11.7. The summed E-state index contributed by atoms with van der Waals surface area (Å²) in [4.78, 5) is 29.5. The fourth-order valence-electron chi connectivity index (χ4n) is 6.81. The maximum Gasteiger partial charge on any atom is 0.238 e. The summed E-state index contributed by atoms with van der Waals surface area (Å²) in [5.41, 5.74) is 4.58. The SMILES string of the molecule is NC(=O)C1(C(=O)N(C(Cc2ccccc2)C2(O)CCC2)C(Cc2ccccc2)C2(O)CCC2)CCCC1. The van der Waals surface area contributed by atoms with Crippen molar-refractivity contribution in [3.8, 4) is 0 Å². The molecule has 2 unspecified atom stereocenters. The molecule has 0 aliphatic heterocycles. The molecule has 3 aliphatic carbocycles. The van der Waals surface area contributed by atoms with Crippen molar-refractivity contribution in [2.24, 2.45) is 11.1 Å². The molecule has 2 atom stereocenters. The van der Waals surface area contributed by atoms with Crippen LogP contribution in [0.25, 0.3) is 0 Å². The van der Waals surface area contributed by atoms with E-state index in [1.54, 1.807) is 4.90 Å². The van der Waals surface area contributed by atoms with Gasteiger partial charge in [0.25, 0.3) is 0 Å². The lowest BCUT2D eigenvalue weighted by Crippen LogP contribution is -2.70. The highest BCUT2D eigenvalue weighted by molar-refractivity contribution is 6.05. The molecular formula is C31H40N2O4. The smallest absolute Gasteiger partial charge is 0.238 e. The Morgan fingerprint density at radius 1 is 0.703 bits per heavy atom. The summed E-state index contributed by atoms with van der Waals surface area (Å²) in [6.07, 6.45) is 7.43. The lowest BCUT2D eigenvalue weighted by Gasteiger charge is -2.56. The minimum absolute atomic E-state index is 0.306. The average molecular weight is 505 g/mol. The molecule has 2 amide bonds. The zero-order valence-electron chi connectivity index (χ0n) is 21.6. The van der Waals surface area contributed by atoms with Gasteiger partial charge >= 0.3 is 0 Å². The summed E-state index contributed by atoms with van der Waals surface area (Å²) < 4.78 is 0. The molecule has 4 N–H and O–H groups in total. The highest BCUT2D eigenvalue weighted by atomic mass is 16.3. The molecule has 0 saturated heterocycles. The van der Waals surface area contributed by atoms with Gasteiger partial charge in [0.15, 0.2) is 0 Å². The normalized spacial score (nSPS) is 22.8. The number of rotatable bonds is 10. The van der Waals surface area contributed by atoms with Crippen molar-refractivity contribution in [1.29, 1.82) is 0 Å². The van der Waals surface area contributed by atoms with Crippen LogP contribution in [0.5, 0.6) is 0 Å². The van der Waals surface area contributed by atoms with Gasteiger partial charge in [0, 0.05) is 0 Å². The van der Waals surface area contributed by atoms with Crippen LogP contribution in [0.4, 0.5) is 0 Å². The Hall–Kier alpha value is -2.70. The Labute approximate surface area is 219 Å². The average Bonchev–Trinajstić information content (AvgIpc) is 3.38. The first-order chi connectivity index (χ1) is 17.8. The van der Waals surface area contributed by atoms with Crippen molar-refractivity contribution in [2.45, 2.75) is 100 Å². The number of carbonyl (C=O) groups excluding carboxylic acids is 2. The minimum atomic E-state index is -1.29. The van der Waals surface area contributed by atoms with Crippen LogP contribution in [-0.2, 0) is 22.4 Å². The van der Waals surface area contributed by atoms with Gasteiger partial charge in [0.2, 0.25) is 11.8 Å². The number of amides is 2. The van der Waals surface area contributed by atoms with Crippen molar-refractivity contribution < 1.29 is 19.8 Å². The van der Waals surface area contributed by atoms with Crippen LogP contribution in [0.3, 0.4) is 0 Å². The molecule has 198 valence electrons. The van der Waals surface area contributed by atoms with Gasteiger partial charge < -0.3 is 20.8 Å². The maximum atomic E-state index is 14.7. The predicted octanol–water partition coefficient (Wildman–Crippen LogP) is 3.91. The van der Waals surface area contributed by atoms with Gasteiger partial charge in [-0.15, -0.1) is 0 Å². The number of hydrogen-bond acceptors (Lipinski definition) is 4. The first-order valence-electron chi connectivity index (χ1n) is 13.9. The summed E-state index contributed by atoms with van der Waals surface area (Å²) >= 11 is 0. The monoisotopic (exact) mass is 504 g/mol. The first kappa shape index (κ1) is 25.9. The number of hydrogen-bond donors (Lipinski definition) is 3. The van der Waals surface area contributed by atoms with Gasteiger partial charge in [0.1, 0.15) is 5.41 Å². The van der Waals surface area contributed by atoms with Crippen LogP contribution >= 0.6 is 0 Å². The molecule has 0 aromatic heterocycles. The molecule has 0 radical (unpaired) electrons. The highest BCUT2D eigenvalue weighted by Gasteiger charge is 2.58. The number of benzene rings is 2. The second-order valence-electron chi connectivity index (χ2n) is 11.7. The van der Waals surface area contributed by atoms with E-state index in [9.17, 15) is 19.8 Å². The Balaban J connectivity index is 1.64. The number of aliphatic hydroxyl groups is 2. The van der Waals surface area contributed by atoms with Gasteiger partial charge in [-0.3, -0.25) is 9.59 Å². The van der Waals surface area contributed by atoms with Gasteiger partial charge in [-0.05, 0) is 75.3 Å². The van der Waals surface area contributed by atoms with Crippen molar-refractivity contribution in [3.05, 3.63) is 71.8 Å². The lowest BCUT2D eigenvalue weighted by molar-refractivity contribution is -0.185. The highest BCUT2D eigenvalue weighted by Crippen LogP contribution is 2.48. The first-order valence-corrected chi connectivity index (χ1v) is 13.9. The number of nitrogens with two attached hydrogens (primary N) is 1. The van der Waals surface area contributed by atoms with Crippen molar-refractivity contribution in [2.75, 3.05) is 0 Å². The number of carbonyl (C=O) groups is 2. The molecule has 3 saturated carbocycles. The van der Waals surface area contributed by atoms with E-state index < -0.39 is 34.6 Å². The van der Waals surface area contributed by atoms with E-state index in [1.165, 1.54) is 0 Å². The molecule has 3 aliphatic rings. The van der Waals surface area contributed by atoms with Crippen molar-refractivity contribution in [3.63, 3.8) is 0 Å². The van der Waals surface area contributed by atoms with Crippen LogP contribution in [0.1, 0.15) is 75.3 Å². The quantitative estimate of drug-likeness (QED) is 0.427. The zero-order chi connectivity index (χ0) is 26.1. The summed E-state index contributed by atoms with van der Waals surface area (Å²) in [6.45, 7) is 0. The van der Waals surface area contributed by atoms with Gasteiger partial charge in [-0.25, -0.2) is 0 Å². The summed E-state index contributed by atoms with van der Waals surface area (Å²) in [7, 11) is 0. The molecule has 0 bridgehead atoms. The Kier molecular flexibility index (Phi) is 7.16. The summed E-state index contributed by atoms with van der Waals surface area (Å²) in [5, 5.41) is 23.8. The van der Waals surface area contributed by atoms with E-state index in [1.807, 2.05) is 60.7 Å². The third-order valence-corrected chi connectivity index (χ3v) is 9.47. The standard InChI is InChI=1S/C31H40N2O4/c32-27(34)29(15-7-8-16-29)28(35)33(25(30(36)17-9-18-30)21-23-11-3-1-4-12-23)26(31(37)19-10-20-31)22-24-13-5-2-6-14-24/h1-6,11-14,25-26,36-37H,7-10,15-22H2,(H2,32,34). The molecule has 6 heteroatoms. The van der Waals surface area contributed by atoms with E-state index in [4.69, 9.17) is 5.73 Å². The Bertz CT molecular complexity index is 1020. The van der Waals surface area contributed by atoms with Crippen molar-refractivity contribution in [1.82, 2.24) is 4.90 Å². The summed E-state index contributed by atoms with van der Waals surface area (Å²) in [5.74, 6) is -0.891. The van der Waals surface area contributed by atoms with Crippen molar-refractivity contribution >= 4 is 11.8 Å². The molecule has 6 nitrogen and oxygen atoms in total. The van der Waals surface area contributed by atoms with Crippen LogP contribution in [-0.4, -0.2) is 50.2 Å². The predicted molar refractivity (Wildman–Crippen MR) is 142 cm³/mol. The Morgan fingerprint density at radius 2 is 1.11 bits per heavy atom. The molecule has 2 aromatic rings. The minimum Gasteiger partial charge on any atom is -0.388 e. The van der Waals surface area contributed by atoms with Crippen LogP contribution in [0.15, 0.2) is 60.7 Å². The molecule has 0 heterocycles. The van der Waals surface area contributed by atoms with Crippen LogP contribution in [0.2, 0.25) is 0 Å². The summed E-state index contributed by atoms with van der Waals surface area (Å²) in [6, 6.07) is 18.7. The van der Waals surface area contributed by atoms with Crippen LogP contribution in [0, 0.1) is 5.41 Å². The number of nitrogens with zero attached hydrogens (tertiary/aromatic N) is 1. The molecule has 5 rings (SSSR count). The van der Waals surface area contributed by atoms with Gasteiger partial charge in [-0.1, -0.05) is 73.5 Å². The van der Waals surface area contributed by atoms with E-state index in [-0.39, 0.29) is 5.91 Å². The topological polar surface area (TPSA) is 104 Å². The fourth-order valence-corrected chi connectivity index (χ4v) is 6.81. The largest absolute Gasteiger partial charge is 0.388 e. The third-order valence-electron chi connectivity index (χ3n) is 9.47. The zero-order valence-corrected chi connectivity index (χ0v) is 21.6. The van der Waals surface area contributed by atoms with E-state index in [0.717, 1.165) is 36.8 Å². The molecule has 0 spiro atoms. The van der Waals surface area contributed by atoms with E-state index in [0.29, 0.717) is 51.4 Å². The van der Waals surface area contributed by atoms with Crippen LogP contribution < -0.4 is 5.73 Å². The van der Waals surface area contributed by atoms with E-state index in [2.05, 4.69) is 0 Å².